The molecule has 0 atom stereocenters. The molecule has 0 fully saturated rings. The summed E-state index contributed by atoms with van der Waals surface area (Å²) in [6.07, 6.45) is 1.14. The molecule has 0 aromatic heterocycles. The molecule has 0 aliphatic carbocycles. The predicted octanol–water partition coefficient (Wildman–Crippen LogP) is 2.22. The van der Waals surface area contributed by atoms with Gasteiger partial charge in [-0.15, -0.1) is 0 Å². The van der Waals surface area contributed by atoms with Gasteiger partial charge in [-0.05, 0) is 34.1 Å². The third-order valence-electron chi connectivity index (χ3n) is 2.30. The molecule has 0 bridgehead atoms. The first-order chi connectivity index (χ1) is 8.20. The van der Waals surface area contributed by atoms with Crippen molar-refractivity contribution in [3.63, 3.8) is 0 Å². The zero-order valence-electron chi connectivity index (χ0n) is 9.98. The van der Waals surface area contributed by atoms with E-state index in [4.69, 9.17) is 11.6 Å². The van der Waals surface area contributed by atoms with Crippen molar-refractivity contribution in [1.82, 2.24) is 4.90 Å². The highest BCUT2D eigenvalue weighted by Gasteiger charge is 2.16. The third-order valence-corrected chi connectivity index (χ3v) is 4.15. The van der Waals surface area contributed by atoms with Crippen molar-refractivity contribution in [3.8, 4) is 0 Å². The summed E-state index contributed by atoms with van der Waals surface area (Å²) in [5.41, 5.74) is 0.415. The summed E-state index contributed by atoms with van der Waals surface area (Å²) in [5, 5.41) is 0.457. The van der Waals surface area contributed by atoms with E-state index in [0.717, 1.165) is 6.26 Å². The average Bonchev–Trinajstić information content (AvgIpc) is 2.27. The molecule has 0 radical (unpaired) electrons. The number of halogens is 2. The Morgan fingerprint density at radius 3 is 2.61 bits per heavy atom. The number of hydrogen-bond donors (Lipinski definition) is 0. The second kappa shape index (κ2) is 6.04. The van der Waals surface area contributed by atoms with E-state index in [9.17, 15) is 13.2 Å². The van der Waals surface area contributed by atoms with Gasteiger partial charge >= 0.3 is 0 Å². The fourth-order valence-corrected chi connectivity index (χ4v) is 2.47. The molecule has 0 aliphatic heterocycles. The van der Waals surface area contributed by atoms with Gasteiger partial charge in [0.05, 0.1) is 11.3 Å². The van der Waals surface area contributed by atoms with E-state index in [-0.39, 0.29) is 18.2 Å². The van der Waals surface area contributed by atoms with Gasteiger partial charge in [0, 0.05) is 29.3 Å². The van der Waals surface area contributed by atoms with Crippen molar-refractivity contribution < 1.29 is 13.2 Å². The van der Waals surface area contributed by atoms with Crippen LogP contribution >= 0.6 is 27.5 Å². The van der Waals surface area contributed by atoms with E-state index in [1.807, 2.05) is 0 Å². The average molecular weight is 355 g/mol. The summed E-state index contributed by atoms with van der Waals surface area (Å²) in [4.78, 5) is 13.4. The first-order valence-electron chi connectivity index (χ1n) is 5.09. The summed E-state index contributed by atoms with van der Waals surface area (Å²) in [6.45, 7) is 0.149. The van der Waals surface area contributed by atoms with Crippen LogP contribution in [0.4, 0.5) is 0 Å². The number of benzene rings is 1. The molecule has 1 aromatic carbocycles. The predicted molar refractivity (Wildman–Crippen MR) is 75.8 cm³/mol. The molecule has 0 saturated carbocycles. The summed E-state index contributed by atoms with van der Waals surface area (Å²) >= 11 is 9.09. The Balaban J connectivity index is 2.83. The second-order valence-electron chi connectivity index (χ2n) is 3.98. The van der Waals surface area contributed by atoms with Gasteiger partial charge in [0.2, 0.25) is 0 Å². The molecule has 0 saturated heterocycles. The van der Waals surface area contributed by atoms with E-state index in [0.29, 0.717) is 15.1 Å². The van der Waals surface area contributed by atoms with Crippen LogP contribution in [0, 0.1) is 0 Å². The van der Waals surface area contributed by atoms with Crippen molar-refractivity contribution in [1.29, 1.82) is 0 Å². The monoisotopic (exact) mass is 353 g/mol. The molecular formula is C11H13BrClNO3S. The van der Waals surface area contributed by atoms with Crippen LogP contribution in [0.1, 0.15) is 10.4 Å². The molecule has 18 heavy (non-hydrogen) atoms. The van der Waals surface area contributed by atoms with Gasteiger partial charge in [-0.25, -0.2) is 8.42 Å². The van der Waals surface area contributed by atoms with E-state index < -0.39 is 9.84 Å². The third kappa shape index (κ3) is 4.59. The normalized spacial score (nSPS) is 11.3. The van der Waals surface area contributed by atoms with E-state index in [1.54, 1.807) is 25.2 Å². The van der Waals surface area contributed by atoms with Gasteiger partial charge in [-0.3, -0.25) is 4.79 Å². The number of amides is 1. The maximum atomic E-state index is 12.1. The van der Waals surface area contributed by atoms with Crippen LogP contribution in [-0.4, -0.2) is 44.8 Å². The minimum atomic E-state index is -3.08. The molecule has 100 valence electrons. The number of carbonyl (C=O) groups is 1. The van der Waals surface area contributed by atoms with Crippen LogP contribution < -0.4 is 0 Å². The minimum absolute atomic E-state index is 0.0621. The Morgan fingerprint density at radius 1 is 1.44 bits per heavy atom. The molecule has 4 nitrogen and oxygen atoms in total. The maximum absolute atomic E-state index is 12.1. The van der Waals surface area contributed by atoms with Crippen LogP contribution in [-0.2, 0) is 9.84 Å². The molecule has 1 amide bonds. The van der Waals surface area contributed by atoms with Crippen molar-refractivity contribution in [3.05, 3.63) is 33.3 Å². The van der Waals surface area contributed by atoms with E-state index in [1.165, 1.54) is 4.90 Å². The molecule has 0 heterocycles. The van der Waals surface area contributed by atoms with E-state index in [2.05, 4.69) is 15.9 Å². The molecule has 0 unspecified atom stereocenters. The first kappa shape index (κ1) is 15.5. The maximum Gasteiger partial charge on any atom is 0.254 e. The minimum Gasteiger partial charge on any atom is -0.341 e. The Labute approximate surface area is 120 Å². The lowest BCUT2D eigenvalue weighted by Gasteiger charge is -2.17. The molecule has 0 N–H and O–H groups in total. The van der Waals surface area contributed by atoms with Gasteiger partial charge in [-0.2, -0.15) is 0 Å². The molecule has 1 rings (SSSR count). The lowest BCUT2D eigenvalue weighted by molar-refractivity contribution is 0.0802. The quantitative estimate of drug-likeness (QED) is 0.833. The van der Waals surface area contributed by atoms with Gasteiger partial charge in [0.1, 0.15) is 9.84 Å². The van der Waals surface area contributed by atoms with Gasteiger partial charge < -0.3 is 4.90 Å². The Bertz CT molecular complexity index is 559. The van der Waals surface area contributed by atoms with Crippen LogP contribution in [0.5, 0.6) is 0 Å². The van der Waals surface area contributed by atoms with Crippen molar-refractivity contribution >= 4 is 43.3 Å². The first-order valence-corrected chi connectivity index (χ1v) is 8.32. The van der Waals surface area contributed by atoms with Gasteiger partial charge in [-0.1, -0.05) is 11.6 Å². The highest BCUT2D eigenvalue weighted by atomic mass is 79.9. The highest BCUT2D eigenvalue weighted by Crippen LogP contribution is 2.22. The molecular weight excluding hydrogens is 342 g/mol. The number of sulfone groups is 1. The van der Waals surface area contributed by atoms with Crippen LogP contribution in [0.15, 0.2) is 22.7 Å². The zero-order valence-corrected chi connectivity index (χ0v) is 13.1. The molecule has 7 heteroatoms. The molecule has 1 aromatic rings. The van der Waals surface area contributed by atoms with E-state index >= 15 is 0 Å². The Kier molecular flexibility index (Phi) is 5.19. The number of hydrogen-bond acceptors (Lipinski definition) is 3. The standard InChI is InChI=1S/C11H13BrClNO3S/c1-14(5-6-18(2,16)17)11(15)9-7-8(13)3-4-10(9)12/h3-4,7H,5-6H2,1-2H3. The lowest BCUT2D eigenvalue weighted by Crippen LogP contribution is -2.31. The SMILES string of the molecule is CN(CCS(C)(=O)=O)C(=O)c1cc(Cl)ccc1Br. The highest BCUT2D eigenvalue weighted by molar-refractivity contribution is 9.10. The summed E-state index contributed by atoms with van der Waals surface area (Å²) in [5.74, 6) is -0.332. The topological polar surface area (TPSA) is 54.5 Å². The largest absolute Gasteiger partial charge is 0.341 e. The van der Waals surface area contributed by atoms with Crippen LogP contribution in [0.2, 0.25) is 5.02 Å². The van der Waals surface area contributed by atoms with Crippen molar-refractivity contribution in [2.75, 3.05) is 25.6 Å². The summed E-state index contributed by atoms with van der Waals surface area (Å²) in [6, 6.07) is 4.89. The Hall–Kier alpha value is -0.590. The number of rotatable bonds is 4. The van der Waals surface area contributed by atoms with Gasteiger partial charge in [0.25, 0.3) is 5.91 Å². The van der Waals surface area contributed by atoms with Crippen molar-refractivity contribution in [2.45, 2.75) is 0 Å². The smallest absolute Gasteiger partial charge is 0.254 e. The fourth-order valence-electron chi connectivity index (χ4n) is 1.27. The Morgan fingerprint density at radius 2 is 2.06 bits per heavy atom. The van der Waals surface area contributed by atoms with Crippen LogP contribution in [0.25, 0.3) is 0 Å². The lowest BCUT2D eigenvalue weighted by atomic mass is 10.2. The fraction of sp³-hybridized carbons (Fsp3) is 0.364. The summed E-state index contributed by atoms with van der Waals surface area (Å²) < 4.78 is 22.7. The second-order valence-corrected chi connectivity index (χ2v) is 7.53. The summed E-state index contributed by atoms with van der Waals surface area (Å²) in [7, 11) is -1.53. The number of nitrogens with zero attached hydrogens (tertiary/aromatic N) is 1. The molecule has 0 spiro atoms. The zero-order chi connectivity index (χ0) is 13.9. The van der Waals surface area contributed by atoms with Crippen molar-refractivity contribution in [2.24, 2.45) is 0 Å². The molecule has 0 aliphatic rings. The van der Waals surface area contributed by atoms with Gasteiger partial charge in [0.15, 0.2) is 0 Å². The van der Waals surface area contributed by atoms with Crippen LogP contribution in [0.3, 0.4) is 0 Å². The number of carbonyl (C=O) groups excluding carboxylic acids is 1.